The fraction of sp³-hybridized carbons (Fsp3) is 0.588. The predicted molar refractivity (Wildman–Crippen MR) is 81.9 cm³/mol. The van der Waals surface area contributed by atoms with Crippen molar-refractivity contribution in [1.82, 2.24) is 4.90 Å². The number of carbonyl (C=O) groups is 1. The standard InChI is InChI=1S/C17H25NO3/c1-4-21-16(19)18-12-8-11-14(17(2,3)20)15(18)13-9-6-5-7-10-13/h5-7,9-10,14-15,20H,4,8,11-12H2,1-3H3. The molecule has 0 spiro atoms. The van der Waals surface area contributed by atoms with Crippen molar-refractivity contribution in [1.29, 1.82) is 0 Å². The fourth-order valence-corrected chi connectivity index (χ4v) is 3.21. The van der Waals surface area contributed by atoms with Crippen molar-refractivity contribution >= 4 is 6.09 Å². The maximum absolute atomic E-state index is 12.3. The third kappa shape index (κ3) is 3.56. The Labute approximate surface area is 126 Å². The Bertz CT molecular complexity index is 467. The molecule has 21 heavy (non-hydrogen) atoms. The van der Waals surface area contributed by atoms with Gasteiger partial charge in [0.25, 0.3) is 0 Å². The van der Waals surface area contributed by atoms with Crippen molar-refractivity contribution in [3.8, 4) is 0 Å². The van der Waals surface area contributed by atoms with Crippen LogP contribution in [-0.4, -0.2) is 34.9 Å². The highest BCUT2D eigenvalue weighted by atomic mass is 16.6. The van der Waals surface area contributed by atoms with Crippen LogP contribution in [0.4, 0.5) is 4.79 Å². The number of benzene rings is 1. The lowest BCUT2D eigenvalue weighted by molar-refractivity contribution is -0.0493. The quantitative estimate of drug-likeness (QED) is 0.929. The van der Waals surface area contributed by atoms with Crippen LogP contribution in [-0.2, 0) is 4.74 Å². The van der Waals surface area contributed by atoms with Crippen LogP contribution in [0.5, 0.6) is 0 Å². The van der Waals surface area contributed by atoms with Crippen molar-refractivity contribution in [2.75, 3.05) is 13.2 Å². The van der Waals surface area contributed by atoms with Gasteiger partial charge in [-0.25, -0.2) is 4.79 Å². The number of aliphatic hydroxyl groups is 1. The first-order valence-corrected chi connectivity index (χ1v) is 7.66. The molecule has 1 fully saturated rings. The molecule has 0 bridgehead atoms. The molecule has 1 heterocycles. The Morgan fingerprint density at radius 3 is 2.62 bits per heavy atom. The minimum Gasteiger partial charge on any atom is -0.450 e. The van der Waals surface area contributed by atoms with E-state index in [1.165, 1.54) is 0 Å². The van der Waals surface area contributed by atoms with Crippen molar-refractivity contribution in [2.24, 2.45) is 5.92 Å². The van der Waals surface area contributed by atoms with Gasteiger partial charge in [-0.15, -0.1) is 0 Å². The van der Waals surface area contributed by atoms with E-state index in [-0.39, 0.29) is 18.1 Å². The number of amides is 1. The summed E-state index contributed by atoms with van der Waals surface area (Å²) in [7, 11) is 0. The molecule has 0 saturated carbocycles. The van der Waals surface area contributed by atoms with Gasteiger partial charge in [-0.05, 0) is 39.2 Å². The van der Waals surface area contributed by atoms with Crippen LogP contribution in [0.2, 0.25) is 0 Å². The summed E-state index contributed by atoms with van der Waals surface area (Å²) in [6, 6.07) is 9.78. The normalized spacial score (nSPS) is 23.0. The molecule has 2 rings (SSSR count). The summed E-state index contributed by atoms with van der Waals surface area (Å²) < 4.78 is 5.20. The topological polar surface area (TPSA) is 49.8 Å². The van der Waals surface area contributed by atoms with Crippen molar-refractivity contribution in [3.05, 3.63) is 35.9 Å². The molecular weight excluding hydrogens is 266 g/mol. The molecule has 4 nitrogen and oxygen atoms in total. The van der Waals surface area contributed by atoms with Gasteiger partial charge in [-0.2, -0.15) is 0 Å². The first-order valence-electron chi connectivity index (χ1n) is 7.66. The number of ether oxygens (including phenoxy) is 1. The molecule has 0 aliphatic carbocycles. The van der Waals surface area contributed by atoms with Crippen molar-refractivity contribution in [3.63, 3.8) is 0 Å². The molecule has 0 radical (unpaired) electrons. The van der Waals surface area contributed by atoms with E-state index in [0.29, 0.717) is 13.2 Å². The van der Waals surface area contributed by atoms with Gasteiger partial charge in [0.15, 0.2) is 0 Å². The summed E-state index contributed by atoms with van der Waals surface area (Å²) >= 11 is 0. The second kappa shape index (κ2) is 6.48. The molecule has 2 unspecified atom stereocenters. The van der Waals surface area contributed by atoms with Gasteiger partial charge in [0.1, 0.15) is 0 Å². The van der Waals surface area contributed by atoms with E-state index in [1.54, 1.807) is 4.90 Å². The number of piperidine rings is 1. The number of hydrogen-bond acceptors (Lipinski definition) is 3. The Kier molecular flexibility index (Phi) is 4.88. The van der Waals surface area contributed by atoms with Crippen LogP contribution in [0.3, 0.4) is 0 Å². The van der Waals surface area contributed by atoms with Gasteiger partial charge in [-0.1, -0.05) is 30.3 Å². The predicted octanol–water partition coefficient (Wildman–Crippen LogP) is 3.37. The number of likely N-dealkylation sites (tertiary alicyclic amines) is 1. The largest absolute Gasteiger partial charge is 0.450 e. The van der Waals surface area contributed by atoms with Crippen LogP contribution in [0.15, 0.2) is 30.3 Å². The Balaban J connectivity index is 2.37. The summed E-state index contributed by atoms with van der Waals surface area (Å²) in [6.07, 6.45) is 1.50. The van der Waals surface area contributed by atoms with Gasteiger partial charge in [0, 0.05) is 12.5 Å². The zero-order valence-electron chi connectivity index (χ0n) is 13.1. The van der Waals surface area contributed by atoms with Gasteiger partial charge in [0.05, 0.1) is 18.2 Å². The first-order chi connectivity index (χ1) is 9.95. The van der Waals surface area contributed by atoms with E-state index >= 15 is 0 Å². The van der Waals surface area contributed by atoms with Gasteiger partial charge >= 0.3 is 6.09 Å². The molecule has 1 aromatic carbocycles. The lowest BCUT2D eigenvalue weighted by Crippen LogP contribution is -2.49. The van der Waals surface area contributed by atoms with Gasteiger partial charge in [0.2, 0.25) is 0 Å². The zero-order chi connectivity index (χ0) is 15.5. The number of nitrogens with zero attached hydrogens (tertiary/aromatic N) is 1. The van der Waals surface area contributed by atoms with Crippen molar-refractivity contribution in [2.45, 2.75) is 45.3 Å². The van der Waals surface area contributed by atoms with Crippen molar-refractivity contribution < 1.29 is 14.6 Å². The summed E-state index contributed by atoms with van der Waals surface area (Å²) in [6.45, 7) is 6.49. The summed E-state index contributed by atoms with van der Waals surface area (Å²) in [5.41, 5.74) is 0.212. The Morgan fingerprint density at radius 1 is 1.38 bits per heavy atom. The molecule has 0 aromatic heterocycles. The number of carbonyl (C=O) groups excluding carboxylic acids is 1. The van der Waals surface area contributed by atoms with E-state index in [4.69, 9.17) is 4.74 Å². The van der Waals surface area contributed by atoms with Crippen LogP contribution in [0.25, 0.3) is 0 Å². The molecule has 1 N–H and O–H groups in total. The highest BCUT2D eigenvalue weighted by Crippen LogP contribution is 2.42. The minimum absolute atomic E-state index is 0.00180. The zero-order valence-corrected chi connectivity index (χ0v) is 13.1. The second-order valence-corrected chi connectivity index (χ2v) is 6.15. The molecule has 1 saturated heterocycles. The molecule has 1 aliphatic rings. The van der Waals surface area contributed by atoms with Crippen LogP contribution >= 0.6 is 0 Å². The molecular formula is C17H25NO3. The second-order valence-electron chi connectivity index (χ2n) is 6.15. The molecule has 116 valence electrons. The van der Waals surface area contributed by atoms with Gasteiger partial charge < -0.3 is 14.7 Å². The summed E-state index contributed by atoms with van der Waals surface area (Å²) in [5.74, 6) is -0.00180. The molecule has 4 heteroatoms. The highest BCUT2D eigenvalue weighted by molar-refractivity contribution is 5.68. The highest BCUT2D eigenvalue weighted by Gasteiger charge is 2.42. The monoisotopic (exact) mass is 291 g/mol. The van der Waals surface area contributed by atoms with E-state index in [1.807, 2.05) is 51.1 Å². The smallest absolute Gasteiger partial charge is 0.410 e. The maximum atomic E-state index is 12.3. The fourth-order valence-electron chi connectivity index (χ4n) is 3.21. The Morgan fingerprint density at radius 2 is 2.05 bits per heavy atom. The minimum atomic E-state index is -0.842. The lowest BCUT2D eigenvalue weighted by Gasteiger charge is -2.45. The van der Waals surface area contributed by atoms with Gasteiger partial charge in [-0.3, -0.25) is 0 Å². The average Bonchev–Trinajstić information content (AvgIpc) is 2.46. The SMILES string of the molecule is CCOC(=O)N1CCCC(C(C)(C)O)C1c1ccccc1. The van der Waals surface area contributed by atoms with Crippen LogP contribution < -0.4 is 0 Å². The third-order valence-electron chi connectivity index (χ3n) is 4.18. The molecule has 1 aromatic rings. The van der Waals surface area contributed by atoms with E-state index < -0.39 is 5.60 Å². The van der Waals surface area contributed by atoms with E-state index in [9.17, 15) is 9.90 Å². The Hall–Kier alpha value is -1.55. The van der Waals surface area contributed by atoms with E-state index in [2.05, 4.69) is 0 Å². The number of rotatable bonds is 3. The average molecular weight is 291 g/mol. The van der Waals surface area contributed by atoms with Crippen LogP contribution in [0, 0.1) is 5.92 Å². The number of hydrogen-bond donors (Lipinski definition) is 1. The lowest BCUT2D eigenvalue weighted by atomic mass is 9.75. The first kappa shape index (κ1) is 15.8. The van der Waals surface area contributed by atoms with Crippen LogP contribution in [0.1, 0.15) is 45.2 Å². The van der Waals surface area contributed by atoms with E-state index in [0.717, 1.165) is 18.4 Å². The summed E-state index contributed by atoms with van der Waals surface area (Å²) in [5, 5.41) is 10.5. The molecule has 1 aliphatic heterocycles. The molecule has 2 atom stereocenters. The summed E-state index contributed by atoms with van der Waals surface area (Å²) in [4.78, 5) is 14.0. The molecule has 1 amide bonds. The maximum Gasteiger partial charge on any atom is 0.410 e. The third-order valence-corrected chi connectivity index (χ3v) is 4.18.